The van der Waals surface area contributed by atoms with Gasteiger partial charge in [0.25, 0.3) is 5.91 Å². The number of imidazole rings is 1. The summed E-state index contributed by atoms with van der Waals surface area (Å²) in [5.41, 5.74) is 2.63. The molecule has 142 valence electrons. The molecule has 0 unspecified atom stereocenters. The fourth-order valence-corrected chi connectivity index (χ4v) is 3.92. The Hall–Kier alpha value is -2.54. The van der Waals surface area contributed by atoms with Crippen molar-refractivity contribution in [1.29, 1.82) is 0 Å². The average molecular weight is 386 g/mol. The lowest BCUT2D eigenvalue weighted by Crippen LogP contribution is -2.36. The molecule has 0 spiro atoms. The Morgan fingerprint density at radius 1 is 1.33 bits per heavy atom. The van der Waals surface area contributed by atoms with Gasteiger partial charge in [0.1, 0.15) is 11.5 Å². The first kappa shape index (κ1) is 19.2. The number of hydrogen-bond acceptors (Lipinski definition) is 4. The van der Waals surface area contributed by atoms with Gasteiger partial charge in [-0.1, -0.05) is 6.07 Å². The highest BCUT2D eigenvalue weighted by Gasteiger charge is 2.22. The number of nitrogens with zero attached hydrogens (tertiary/aromatic N) is 4. The van der Waals surface area contributed by atoms with Crippen LogP contribution in [0.4, 0.5) is 4.39 Å². The van der Waals surface area contributed by atoms with Crippen LogP contribution in [0, 0.1) is 19.7 Å². The molecule has 0 fully saturated rings. The number of aromatic nitrogens is 3. The van der Waals surface area contributed by atoms with Crippen LogP contribution in [0.1, 0.15) is 40.6 Å². The lowest BCUT2D eigenvalue weighted by atomic mass is 10.1. The molecule has 3 rings (SSSR count). The van der Waals surface area contributed by atoms with E-state index in [2.05, 4.69) is 9.97 Å². The highest BCUT2D eigenvalue weighted by Crippen LogP contribution is 2.32. The largest absolute Gasteiger partial charge is 0.340 e. The molecule has 2 heterocycles. The molecule has 5 nitrogen and oxygen atoms in total. The van der Waals surface area contributed by atoms with Gasteiger partial charge >= 0.3 is 0 Å². The maximum atomic E-state index is 14.5. The summed E-state index contributed by atoms with van der Waals surface area (Å²) in [7, 11) is 1.83. The highest BCUT2D eigenvalue weighted by molar-refractivity contribution is 7.15. The topological polar surface area (TPSA) is 51.0 Å². The lowest BCUT2D eigenvalue weighted by molar-refractivity contribution is 0.0684. The molecule has 0 saturated carbocycles. The fourth-order valence-electron chi connectivity index (χ4n) is 2.98. The van der Waals surface area contributed by atoms with Crippen LogP contribution >= 0.6 is 11.3 Å². The summed E-state index contributed by atoms with van der Waals surface area (Å²) >= 11 is 1.48. The molecule has 0 saturated heterocycles. The van der Waals surface area contributed by atoms with Crippen molar-refractivity contribution in [3.8, 4) is 10.4 Å². The second kappa shape index (κ2) is 7.60. The molecule has 0 radical (unpaired) electrons. The minimum atomic E-state index is -0.280. The molecule has 7 heteroatoms. The first-order valence-corrected chi connectivity index (χ1v) is 9.59. The minimum Gasteiger partial charge on any atom is -0.340 e. The molecular weight excluding hydrogens is 363 g/mol. The molecule has 0 bridgehead atoms. The molecule has 1 aromatic carbocycles. The van der Waals surface area contributed by atoms with E-state index >= 15 is 0 Å². The van der Waals surface area contributed by atoms with Crippen molar-refractivity contribution in [3.63, 3.8) is 0 Å². The predicted molar refractivity (Wildman–Crippen MR) is 105 cm³/mol. The van der Waals surface area contributed by atoms with Crippen molar-refractivity contribution in [2.75, 3.05) is 0 Å². The van der Waals surface area contributed by atoms with Crippen LogP contribution in [0.25, 0.3) is 10.4 Å². The zero-order valence-electron chi connectivity index (χ0n) is 16.2. The molecule has 0 aliphatic rings. The smallest absolute Gasteiger partial charge is 0.274 e. The summed E-state index contributed by atoms with van der Waals surface area (Å²) in [5, 5.41) is 0.904. The predicted octanol–water partition coefficient (Wildman–Crippen LogP) is 4.35. The van der Waals surface area contributed by atoms with Gasteiger partial charge in [-0.15, -0.1) is 11.3 Å². The third-order valence-corrected chi connectivity index (χ3v) is 5.45. The third kappa shape index (κ3) is 4.08. The Morgan fingerprint density at radius 2 is 2.07 bits per heavy atom. The molecular formula is C20H23FN4OS. The quantitative estimate of drug-likeness (QED) is 0.655. The van der Waals surface area contributed by atoms with Gasteiger partial charge in [0.2, 0.25) is 0 Å². The van der Waals surface area contributed by atoms with E-state index in [1.165, 1.54) is 17.4 Å². The molecule has 27 heavy (non-hydrogen) atoms. The van der Waals surface area contributed by atoms with Gasteiger partial charge in [-0.3, -0.25) is 4.79 Å². The number of halogens is 1. The van der Waals surface area contributed by atoms with E-state index in [-0.39, 0.29) is 17.8 Å². The number of hydrogen-bond donors (Lipinski definition) is 0. The van der Waals surface area contributed by atoms with Gasteiger partial charge in [-0.2, -0.15) is 0 Å². The Kier molecular flexibility index (Phi) is 5.41. The molecule has 3 aromatic rings. The maximum Gasteiger partial charge on any atom is 0.274 e. The molecule has 0 aliphatic carbocycles. The molecule has 0 N–H and O–H groups in total. The monoisotopic (exact) mass is 386 g/mol. The van der Waals surface area contributed by atoms with Crippen LogP contribution in [-0.2, 0) is 13.6 Å². The average Bonchev–Trinajstić information content (AvgIpc) is 3.18. The van der Waals surface area contributed by atoms with Crippen molar-refractivity contribution >= 4 is 17.2 Å². The number of carbonyl (C=O) groups excluding carboxylic acids is 1. The van der Waals surface area contributed by atoms with E-state index in [0.717, 1.165) is 21.1 Å². The number of carbonyl (C=O) groups is 1. The van der Waals surface area contributed by atoms with E-state index in [9.17, 15) is 9.18 Å². The lowest BCUT2D eigenvalue weighted by Gasteiger charge is -2.26. The molecule has 1 amide bonds. The Bertz CT molecular complexity index is 976. The molecule has 0 atom stereocenters. The van der Waals surface area contributed by atoms with Crippen LogP contribution in [0.15, 0.2) is 30.7 Å². The number of aryl methyl sites for hydroxylation is 3. The van der Waals surface area contributed by atoms with Crippen LogP contribution in [0.3, 0.4) is 0 Å². The minimum absolute atomic E-state index is 0.0135. The summed E-state index contributed by atoms with van der Waals surface area (Å²) in [6, 6.07) is 4.99. The Balaban J connectivity index is 1.92. The number of rotatable bonds is 5. The van der Waals surface area contributed by atoms with Gasteiger partial charge in [-0.25, -0.2) is 14.4 Å². The summed E-state index contributed by atoms with van der Waals surface area (Å²) in [4.78, 5) is 24.0. The fraction of sp³-hybridized carbons (Fsp3) is 0.350. The van der Waals surface area contributed by atoms with Crippen LogP contribution < -0.4 is 0 Å². The van der Waals surface area contributed by atoms with Crippen molar-refractivity contribution in [2.24, 2.45) is 7.05 Å². The van der Waals surface area contributed by atoms with Crippen molar-refractivity contribution < 1.29 is 9.18 Å². The van der Waals surface area contributed by atoms with E-state index in [1.54, 1.807) is 28.1 Å². The zero-order valence-corrected chi connectivity index (χ0v) is 17.0. The Morgan fingerprint density at radius 3 is 2.63 bits per heavy atom. The highest BCUT2D eigenvalue weighted by atomic mass is 32.1. The van der Waals surface area contributed by atoms with E-state index in [4.69, 9.17) is 0 Å². The van der Waals surface area contributed by atoms with E-state index < -0.39 is 0 Å². The normalized spacial score (nSPS) is 11.2. The van der Waals surface area contributed by atoms with Crippen LogP contribution in [0.2, 0.25) is 0 Å². The first-order valence-electron chi connectivity index (χ1n) is 8.78. The van der Waals surface area contributed by atoms with Crippen molar-refractivity contribution in [1.82, 2.24) is 19.4 Å². The van der Waals surface area contributed by atoms with Crippen LogP contribution in [-0.4, -0.2) is 31.4 Å². The summed E-state index contributed by atoms with van der Waals surface area (Å²) in [6.07, 6.45) is 3.31. The van der Waals surface area contributed by atoms with Gasteiger partial charge in [0.05, 0.1) is 21.9 Å². The number of benzene rings is 1. The Labute approximate surface area is 162 Å². The molecule has 2 aromatic heterocycles. The van der Waals surface area contributed by atoms with Gasteiger partial charge < -0.3 is 9.47 Å². The number of amides is 1. The zero-order chi connectivity index (χ0) is 19.7. The van der Waals surface area contributed by atoms with Crippen LogP contribution in [0.5, 0.6) is 0 Å². The van der Waals surface area contributed by atoms with Crippen molar-refractivity contribution in [2.45, 2.75) is 40.3 Å². The van der Waals surface area contributed by atoms with Gasteiger partial charge in [0, 0.05) is 31.4 Å². The van der Waals surface area contributed by atoms with E-state index in [1.807, 2.05) is 40.8 Å². The molecule has 0 aliphatic heterocycles. The van der Waals surface area contributed by atoms with Gasteiger partial charge in [0.15, 0.2) is 0 Å². The van der Waals surface area contributed by atoms with E-state index in [0.29, 0.717) is 17.8 Å². The SMILES string of the molecule is Cc1nc(C)c(-c2cc(CN(C(=O)c3cn(C)cn3)C(C)C)ccc2F)s1. The summed E-state index contributed by atoms with van der Waals surface area (Å²) < 4.78 is 16.2. The number of thiazole rings is 1. The first-order chi connectivity index (χ1) is 12.8. The van der Waals surface area contributed by atoms with Crippen molar-refractivity contribution in [3.05, 3.63) is 58.5 Å². The standard InChI is InChI=1S/C20H23FN4OS/c1-12(2)25(20(26)18-10-24(5)11-22-18)9-15-6-7-17(21)16(8-15)19-13(3)23-14(4)27-19/h6-8,10-12H,9H2,1-5H3. The second-order valence-corrected chi connectivity index (χ2v) is 8.12. The maximum absolute atomic E-state index is 14.5. The summed E-state index contributed by atoms with van der Waals surface area (Å²) in [5.74, 6) is -0.418. The summed E-state index contributed by atoms with van der Waals surface area (Å²) in [6.45, 7) is 8.10. The second-order valence-electron chi connectivity index (χ2n) is 6.91. The third-order valence-electron chi connectivity index (χ3n) is 4.34. The van der Waals surface area contributed by atoms with Gasteiger partial charge in [-0.05, 0) is 45.4 Å².